The minimum Gasteiger partial charge on any atom is -0.456 e. The van der Waals surface area contributed by atoms with Crippen LogP contribution < -0.4 is 4.90 Å². The van der Waals surface area contributed by atoms with E-state index >= 15 is 0 Å². The second-order valence-corrected chi connectivity index (χ2v) is 18.6. The first-order chi connectivity index (χ1) is 34.7. The number of hydrogen-bond donors (Lipinski definition) is 0. The smallest absolute Gasteiger partial charge is 0.160 e. The predicted molar refractivity (Wildman–Crippen MR) is 291 cm³/mol. The van der Waals surface area contributed by atoms with E-state index in [4.69, 9.17) is 8.83 Å². The van der Waals surface area contributed by atoms with Crippen LogP contribution >= 0.6 is 0 Å². The fourth-order valence-electron chi connectivity index (χ4n) is 12.2. The molecule has 0 radical (unpaired) electrons. The molecule has 326 valence electrons. The van der Waals surface area contributed by atoms with Crippen molar-refractivity contribution in [1.82, 2.24) is 0 Å². The lowest BCUT2D eigenvalue weighted by Crippen LogP contribution is -2.28. The van der Waals surface area contributed by atoms with Gasteiger partial charge in [0.25, 0.3) is 0 Å². The summed E-state index contributed by atoms with van der Waals surface area (Å²) in [5.74, 6) is 0. The monoisotopic (exact) mass is 891 g/mol. The summed E-state index contributed by atoms with van der Waals surface area (Å²) in [6.45, 7) is 0. The maximum atomic E-state index is 7.35. The van der Waals surface area contributed by atoms with Crippen LogP contribution in [0.1, 0.15) is 22.3 Å². The van der Waals surface area contributed by atoms with Crippen molar-refractivity contribution in [3.63, 3.8) is 0 Å². The largest absolute Gasteiger partial charge is 0.456 e. The Balaban J connectivity index is 1.07. The van der Waals surface area contributed by atoms with Crippen LogP contribution in [0.15, 0.2) is 258 Å². The van der Waals surface area contributed by atoms with Gasteiger partial charge < -0.3 is 13.7 Å². The van der Waals surface area contributed by atoms with Crippen molar-refractivity contribution in [2.75, 3.05) is 4.90 Å². The van der Waals surface area contributed by atoms with Gasteiger partial charge in [0.1, 0.15) is 16.7 Å². The second kappa shape index (κ2) is 14.9. The van der Waals surface area contributed by atoms with E-state index in [0.717, 1.165) is 72.1 Å². The second-order valence-electron chi connectivity index (χ2n) is 18.6. The van der Waals surface area contributed by atoms with Gasteiger partial charge in [-0.3, -0.25) is 0 Å². The Hall–Kier alpha value is -9.18. The molecule has 0 bridgehead atoms. The number of nitrogens with zero attached hydrogens (tertiary/aromatic N) is 1. The Morgan fingerprint density at radius 1 is 0.300 bits per heavy atom. The van der Waals surface area contributed by atoms with Crippen molar-refractivity contribution < 1.29 is 8.83 Å². The van der Waals surface area contributed by atoms with Crippen LogP contribution in [0.3, 0.4) is 0 Å². The number of para-hydroxylation sites is 2. The molecule has 0 amide bonds. The molecule has 0 spiro atoms. The zero-order valence-corrected chi connectivity index (χ0v) is 37.9. The molecule has 0 N–H and O–H groups in total. The molecule has 12 aromatic carbocycles. The zero-order valence-electron chi connectivity index (χ0n) is 37.9. The lowest BCUT2D eigenvalue weighted by atomic mass is 9.67. The summed E-state index contributed by atoms with van der Waals surface area (Å²) >= 11 is 0. The van der Waals surface area contributed by atoms with Gasteiger partial charge in [-0.2, -0.15) is 0 Å². The summed E-state index contributed by atoms with van der Waals surface area (Å²) in [6.07, 6.45) is 0. The molecular formula is C67H41NO2. The van der Waals surface area contributed by atoms with Crippen molar-refractivity contribution in [2.24, 2.45) is 0 Å². The number of benzene rings is 12. The molecule has 0 fully saturated rings. The topological polar surface area (TPSA) is 29.5 Å². The lowest BCUT2D eigenvalue weighted by Gasteiger charge is -2.35. The van der Waals surface area contributed by atoms with Crippen molar-refractivity contribution in [2.45, 2.75) is 5.41 Å². The van der Waals surface area contributed by atoms with Gasteiger partial charge in [0.05, 0.1) is 11.1 Å². The molecular weight excluding hydrogens is 851 g/mol. The van der Waals surface area contributed by atoms with Gasteiger partial charge in [-0.15, -0.1) is 0 Å². The van der Waals surface area contributed by atoms with Crippen molar-refractivity contribution >= 4 is 93.3 Å². The summed E-state index contributed by atoms with van der Waals surface area (Å²) in [4.78, 5) is 2.44. The molecule has 3 nitrogen and oxygen atoms in total. The number of furan rings is 2. The Bertz CT molecular complexity index is 4340. The molecule has 14 aromatic rings. The van der Waals surface area contributed by atoms with E-state index < -0.39 is 5.41 Å². The lowest BCUT2D eigenvalue weighted by molar-refractivity contribution is 0.663. The molecule has 70 heavy (non-hydrogen) atoms. The van der Waals surface area contributed by atoms with Crippen LogP contribution in [0, 0.1) is 0 Å². The number of fused-ring (bicyclic) bond motifs is 16. The highest BCUT2D eigenvalue weighted by Crippen LogP contribution is 2.58. The van der Waals surface area contributed by atoms with E-state index in [-0.39, 0.29) is 0 Å². The maximum Gasteiger partial charge on any atom is 0.160 e. The Morgan fingerprint density at radius 2 is 0.814 bits per heavy atom. The number of rotatable bonds is 6. The van der Waals surface area contributed by atoms with E-state index in [0.29, 0.717) is 0 Å². The molecule has 0 unspecified atom stereocenters. The molecule has 0 aliphatic heterocycles. The third kappa shape index (κ3) is 5.40. The zero-order chi connectivity index (χ0) is 45.9. The molecule has 2 heterocycles. The average Bonchev–Trinajstić information content (AvgIpc) is 4.10. The quantitative estimate of drug-likeness (QED) is 0.156. The molecule has 2 aromatic heterocycles. The van der Waals surface area contributed by atoms with Crippen LogP contribution in [-0.4, -0.2) is 0 Å². The third-order valence-corrected chi connectivity index (χ3v) is 15.1. The molecule has 0 atom stereocenters. The molecule has 1 aliphatic rings. The maximum absolute atomic E-state index is 7.35. The molecule has 3 heteroatoms. The Kier molecular flexibility index (Phi) is 8.28. The van der Waals surface area contributed by atoms with Gasteiger partial charge in [0, 0.05) is 38.5 Å². The van der Waals surface area contributed by atoms with Gasteiger partial charge in [0.15, 0.2) is 5.58 Å². The van der Waals surface area contributed by atoms with Crippen molar-refractivity contribution in [3.8, 4) is 22.3 Å². The van der Waals surface area contributed by atoms with Crippen molar-refractivity contribution in [1.29, 1.82) is 0 Å². The SMILES string of the molecule is c1ccc(N(c2ccc3c(c2)C(c2ccccc2)(c2ccccc2)c2ccccc2-3)c2c(-c3ccc4c5ccccc5c5ccccc5c4c3)ccc3c2oc2ccc4oc5ccccc5c4c23)cc1. The first-order valence-electron chi connectivity index (χ1n) is 24.1. The van der Waals surface area contributed by atoms with Crippen LogP contribution in [0.2, 0.25) is 0 Å². The number of hydrogen-bond acceptors (Lipinski definition) is 3. The van der Waals surface area contributed by atoms with Gasteiger partial charge in [-0.05, 0) is 126 Å². The minimum absolute atomic E-state index is 0.586. The van der Waals surface area contributed by atoms with Crippen LogP contribution in [0.4, 0.5) is 17.1 Å². The summed E-state index contributed by atoms with van der Waals surface area (Å²) in [5, 5.41) is 11.6. The van der Waals surface area contributed by atoms with Gasteiger partial charge in [0.2, 0.25) is 0 Å². The third-order valence-electron chi connectivity index (χ3n) is 15.1. The Morgan fingerprint density at radius 3 is 1.51 bits per heavy atom. The van der Waals surface area contributed by atoms with Crippen LogP contribution in [0.25, 0.3) is 98.4 Å². The summed E-state index contributed by atoms with van der Waals surface area (Å²) in [6, 6.07) is 90.6. The molecule has 1 aliphatic carbocycles. The van der Waals surface area contributed by atoms with E-state index in [9.17, 15) is 0 Å². The molecule has 15 rings (SSSR count). The fraction of sp³-hybridized carbons (Fsp3) is 0.0149. The van der Waals surface area contributed by atoms with Crippen LogP contribution in [0.5, 0.6) is 0 Å². The normalized spacial score (nSPS) is 13.0. The van der Waals surface area contributed by atoms with Gasteiger partial charge in [-0.25, -0.2) is 0 Å². The van der Waals surface area contributed by atoms with E-state index in [1.54, 1.807) is 0 Å². The highest BCUT2D eigenvalue weighted by atomic mass is 16.3. The summed E-state index contributed by atoms with van der Waals surface area (Å²) < 4.78 is 13.9. The standard InChI is InChI=1S/C67H41NO2/c1-4-18-43(19-5-1)67(44-20-6-2-7-21-44)58-30-16-14-28-53(58)54-35-33-46(41-59(54)67)68(45-22-8-3-9-23-45)65-47(42-32-34-52-50-26-11-10-24-48(50)49-25-12-13-27-51(49)57(52)40-42)36-37-56-64-62(70-66(56)65)39-38-61-63(64)55-29-15-17-31-60(55)69-61/h1-41H. The first kappa shape index (κ1) is 38.9. The van der Waals surface area contributed by atoms with E-state index in [1.807, 2.05) is 12.1 Å². The highest BCUT2D eigenvalue weighted by molar-refractivity contribution is 6.29. The van der Waals surface area contributed by atoms with E-state index in [2.05, 4.69) is 241 Å². The predicted octanol–water partition coefficient (Wildman–Crippen LogP) is 18.4. The summed E-state index contributed by atoms with van der Waals surface area (Å²) in [7, 11) is 0. The first-order valence-corrected chi connectivity index (χ1v) is 24.1. The number of anilines is 3. The van der Waals surface area contributed by atoms with Gasteiger partial charge >= 0.3 is 0 Å². The van der Waals surface area contributed by atoms with Crippen LogP contribution in [-0.2, 0) is 5.41 Å². The van der Waals surface area contributed by atoms with E-state index in [1.165, 1.54) is 65.7 Å². The molecule has 0 saturated heterocycles. The Labute approximate surface area is 403 Å². The highest BCUT2D eigenvalue weighted by Gasteiger charge is 2.46. The van der Waals surface area contributed by atoms with Crippen molar-refractivity contribution in [3.05, 3.63) is 271 Å². The van der Waals surface area contributed by atoms with Gasteiger partial charge in [-0.1, -0.05) is 194 Å². The average molecular weight is 892 g/mol. The minimum atomic E-state index is -0.586. The summed E-state index contributed by atoms with van der Waals surface area (Å²) in [5.41, 5.74) is 15.3. The molecule has 0 saturated carbocycles. The fourth-order valence-corrected chi connectivity index (χ4v) is 12.2.